The van der Waals surface area contributed by atoms with Crippen LogP contribution in [0.5, 0.6) is 0 Å². The molecule has 7 nitrogen and oxygen atoms in total. The van der Waals surface area contributed by atoms with E-state index in [1.54, 1.807) is 0 Å². The van der Waals surface area contributed by atoms with Crippen molar-refractivity contribution >= 4 is 11.9 Å². The summed E-state index contributed by atoms with van der Waals surface area (Å²) < 4.78 is 11.3. The number of hydrogen-bond donors (Lipinski definition) is 1. The average molecular weight is 382 g/mol. The Morgan fingerprint density at radius 3 is 3.07 bits per heavy atom. The number of aromatic nitrogens is 2. The van der Waals surface area contributed by atoms with Gasteiger partial charge in [-0.1, -0.05) is 0 Å². The normalized spacial score (nSPS) is 22.0. The van der Waals surface area contributed by atoms with Gasteiger partial charge in [0.2, 0.25) is 5.95 Å². The van der Waals surface area contributed by atoms with Crippen molar-refractivity contribution in [2.75, 3.05) is 24.6 Å². The van der Waals surface area contributed by atoms with E-state index < -0.39 is 0 Å². The van der Waals surface area contributed by atoms with Crippen molar-refractivity contribution in [1.82, 2.24) is 15.3 Å². The monoisotopic (exact) mass is 382 g/mol. The van der Waals surface area contributed by atoms with Crippen LogP contribution < -0.4 is 10.2 Å². The number of hydrogen-bond acceptors (Lipinski definition) is 6. The molecule has 0 unspecified atom stereocenters. The number of carbonyl (C=O) groups is 1. The van der Waals surface area contributed by atoms with Crippen LogP contribution in [0.3, 0.4) is 0 Å². The maximum absolute atomic E-state index is 12.8. The molecule has 1 aliphatic carbocycles. The van der Waals surface area contributed by atoms with Gasteiger partial charge >= 0.3 is 0 Å². The van der Waals surface area contributed by atoms with Crippen LogP contribution in [0.15, 0.2) is 16.7 Å². The summed E-state index contributed by atoms with van der Waals surface area (Å²) in [4.78, 5) is 24.3. The van der Waals surface area contributed by atoms with Crippen LogP contribution in [-0.4, -0.2) is 41.6 Å². The second-order valence-electron chi connectivity index (χ2n) is 8.10. The lowest BCUT2D eigenvalue weighted by atomic mass is 10.1. The number of fused-ring (bicyclic) bond motifs is 1. The third-order valence-electron chi connectivity index (χ3n) is 5.88. The third-order valence-corrected chi connectivity index (χ3v) is 5.88. The fourth-order valence-electron chi connectivity index (χ4n) is 4.11. The van der Waals surface area contributed by atoms with E-state index in [4.69, 9.17) is 14.1 Å². The van der Waals surface area contributed by atoms with Gasteiger partial charge in [0.15, 0.2) is 0 Å². The molecule has 2 aromatic rings. The lowest BCUT2D eigenvalue weighted by Gasteiger charge is -2.33. The van der Waals surface area contributed by atoms with E-state index in [9.17, 15) is 4.79 Å². The number of carbonyl (C=O) groups excluding carboxylic acids is 1. The van der Waals surface area contributed by atoms with Crippen molar-refractivity contribution in [2.24, 2.45) is 0 Å². The summed E-state index contributed by atoms with van der Waals surface area (Å²) in [5.74, 6) is 2.90. The summed E-state index contributed by atoms with van der Waals surface area (Å²) in [5.41, 5.74) is 2.84. The molecule has 4 heterocycles. The topological polar surface area (TPSA) is 80.5 Å². The Morgan fingerprint density at radius 2 is 2.21 bits per heavy atom. The van der Waals surface area contributed by atoms with Gasteiger partial charge in [-0.15, -0.1) is 0 Å². The van der Waals surface area contributed by atoms with E-state index in [1.807, 2.05) is 19.2 Å². The SMILES string of the molecule is Cc1oc(C2CC2)cc1C(=O)N[C@H]1CCCN(c2ncc3c(n2)CCOC3)C1. The molecule has 0 bridgehead atoms. The second kappa shape index (κ2) is 7.20. The van der Waals surface area contributed by atoms with Gasteiger partial charge in [0.1, 0.15) is 11.5 Å². The molecule has 0 radical (unpaired) electrons. The van der Waals surface area contributed by atoms with Crippen molar-refractivity contribution < 1.29 is 13.9 Å². The number of piperidine rings is 1. The number of ether oxygens (including phenoxy) is 1. The minimum Gasteiger partial charge on any atom is -0.465 e. The number of nitrogens with one attached hydrogen (secondary N) is 1. The number of anilines is 1. The molecule has 2 fully saturated rings. The molecule has 1 amide bonds. The van der Waals surface area contributed by atoms with Gasteiger partial charge in [-0.05, 0) is 38.7 Å². The average Bonchev–Trinajstić information content (AvgIpc) is 3.49. The maximum Gasteiger partial charge on any atom is 0.255 e. The van der Waals surface area contributed by atoms with Gasteiger partial charge in [-0.25, -0.2) is 9.97 Å². The van der Waals surface area contributed by atoms with E-state index in [1.165, 1.54) is 12.8 Å². The number of aryl methyl sites for hydroxylation is 1. The summed E-state index contributed by atoms with van der Waals surface area (Å²) in [7, 11) is 0. The highest BCUT2D eigenvalue weighted by Gasteiger charge is 2.30. The van der Waals surface area contributed by atoms with Crippen molar-refractivity contribution in [3.63, 3.8) is 0 Å². The van der Waals surface area contributed by atoms with Crippen LogP contribution in [-0.2, 0) is 17.8 Å². The number of rotatable bonds is 4. The minimum absolute atomic E-state index is 0.0384. The van der Waals surface area contributed by atoms with Gasteiger partial charge < -0.3 is 19.4 Å². The van der Waals surface area contributed by atoms with Gasteiger partial charge in [-0.3, -0.25) is 4.79 Å². The zero-order chi connectivity index (χ0) is 19.1. The highest BCUT2D eigenvalue weighted by atomic mass is 16.5. The molecule has 0 spiro atoms. The number of furan rings is 1. The fourth-order valence-corrected chi connectivity index (χ4v) is 4.11. The third kappa shape index (κ3) is 3.51. The molecule has 7 heteroatoms. The Balaban J connectivity index is 1.26. The highest BCUT2D eigenvalue weighted by Crippen LogP contribution is 2.41. The molecular weight excluding hydrogens is 356 g/mol. The lowest BCUT2D eigenvalue weighted by molar-refractivity contribution is 0.0931. The van der Waals surface area contributed by atoms with Crippen molar-refractivity contribution in [2.45, 2.75) is 57.6 Å². The Bertz CT molecular complexity index is 890. The van der Waals surface area contributed by atoms with Crippen LogP contribution in [0.25, 0.3) is 0 Å². The maximum atomic E-state index is 12.8. The molecule has 148 valence electrons. The largest absolute Gasteiger partial charge is 0.465 e. The predicted octanol–water partition coefficient (Wildman–Crippen LogP) is 2.73. The summed E-state index contributed by atoms with van der Waals surface area (Å²) in [5, 5.41) is 3.19. The Hall–Kier alpha value is -2.41. The van der Waals surface area contributed by atoms with Crippen LogP contribution in [0, 0.1) is 6.92 Å². The second-order valence-corrected chi connectivity index (χ2v) is 8.10. The molecular formula is C21H26N4O3. The predicted molar refractivity (Wildman–Crippen MR) is 104 cm³/mol. The van der Waals surface area contributed by atoms with Gasteiger partial charge in [0, 0.05) is 43.2 Å². The van der Waals surface area contributed by atoms with Crippen molar-refractivity contribution in [3.05, 3.63) is 40.6 Å². The van der Waals surface area contributed by atoms with Crippen LogP contribution in [0.4, 0.5) is 5.95 Å². The lowest BCUT2D eigenvalue weighted by Crippen LogP contribution is -2.48. The molecule has 1 saturated carbocycles. The first-order valence-corrected chi connectivity index (χ1v) is 10.3. The van der Waals surface area contributed by atoms with Crippen molar-refractivity contribution in [3.8, 4) is 0 Å². The Morgan fingerprint density at radius 1 is 1.32 bits per heavy atom. The van der Waals surface area contributed by atoms with E-state index in [0.717, 1.165) is 61.9 Å². The molecule has 3 aliphatic rings. The standard InChI is InChI=1S/C21H26N4O3/c1-13-17(9-19(28-13)14-4-5-14)20(26)23-16-3-2-7-25(11-16)21-22-10-15-12-27-8-6-18(15)24-21/h9-10,14,16H,2-8,11-12H2,1H3,(H,23,26)/t16-/m0/s1. The zero-order valence-corrected chi connectivity index (χ0v) is 16.2. The zero-order valence-electron chi connectivity index (χ0n) is 16.2. The summed E-state index contributed by atoms with van der Waals surface area (Å²) in [6.07, 6.45) is 7.02. The van der Waals surface area contributed by atoms with E-state index in [2.05, 4.69) is 15.2 Å². The first kappa shape index (κ1) is 17.7. The molecule has 2 aliphatic heterocycles. The van der Waals surface area contributed by atoms with Crippen LogP contribution in [0.1, 0.15) is 64.7 Å². The highest BCUT2D eigenvalue weighted by molar-refractivity contribution is 5.95. The quantitative estimate of drug-likeness (QED) is 0.876. The van der Waals surface area contributed by atoms with Gasteiger partial charge in [0.05, 0.1) is 24.5 Å². The summed E-state index contributed by atoms with van der Waals surface area (Å²) >= 11 is 0. The first-order chi connectivity index (χ1) is 13.7. The number of nitrogens with zero attached hydrogens (tertiary/aromatic N) is 3. The van der Waals surface area contributed by atoms with Crippen molar-refractivity contribution in [1.29, 1.82) is 0 Å². The fraction of sp³-hybridized carbons (Fsp3) is 0.571. The molecule has 0 aromatic carbocycles. The summed E-state index contributed by atoms with van der Waals surface area (Å²) in [6, 6.07) is 2.01. The van der Waals surface area contributed by atoms with Gasteiger partial charge in [0.25, 0.3) is 5.91 Å². The Kier molecular flexibility index (Phi) is 4.55. The summed E-state index contributed by atoms with van der Waals surface area (Å²) in [6.45, 7) is 4.83. The van der Waals surface area contributed by atoms with Crippen LogP contribution in [0.2, 0.25) is 0 Å². The molecule has 1 N–H and O–H groups in total. The van der Waals surface area contributed by atoms with E-state index in [-0.39, 0.29) is 11.9 Å². The van der Waals surface area contributed by atoms with Crippen LogP contribution >= 0.6 is 0 Å². The molecule has 5 rings (SSSR count). The molecule has 28 heavy (non-hydrogen) atoms. The number of amides is 1. The van der Waals surface area contributed by atoms with E-state index >= 15 is 0 Å². The molecule has 1 atom stereocenters. The molecule has 1 saturated heterocycles. The Labute approximate surface area is 164 Å². The molecule has 2 aromatic heterocycles. The van der Waals surface area contributed by atoms with Gasteiger partial charge in [-0.2, -0.15) is 0 Å². The smallest absolute Gasteiger partial charge is 0.255 e. The van der Waals surface area contributed by atoms with E-state index in [0.29, 0.717) is 23.8 Å². The first-order valence-electron chi connectivity index (χ1n) is 10.3. The minimum atomic E-state index is -0.0384.